The van der Waals surface area contributed by atoms with Crippen molar-refractivity contribution < 1.29 is 36.2 Å². The first kappa shape index (κ1) is 23.0. The van der Waals surface area contributed by atoms with Crippen LogP contribution in [-0.4, -0.2) is 35.9 Å². The van der Waals surface area contributed by atoms with Gasteiger partial charge < -0.3 is 9.47 Å². The number of benzene rings is 2. The van der Waals surface area contributed by atoms with Gasteiger partial charge in [-0.2, -0.15) is 0 Å². The average Bonchev–Trinajstić information content (AvgIpc) is 3.04. The van der Waals surface area contributed by atoms with Crippen LogP contribution in [-0.2, 0) is 11.2 Å². The van der Waals surface area contributed by atoms with Crippen molar-refractivity contribution in [1.29, 1.82) is 0 Å². The molecule has 1 saturated heterocycles. The van der Waals surface area contributed by atoms with Gasteiger partial charge in [0.1, 0.15) is 4.32 Å². The lowest BCUT2D eigenvalue weighted by Crippen LogP contribution is -2.30. The third kappa shape index (κ3) is 4.38. The Balaban J connectivity index is 1.82. The lowest BCUT2D eigenvalue weighted by molar-refractivity contribution is -0.122. The van der Waals surface area contributed by atoms with E-state index in [0.717, 1.165) is 5.56 Å². The summed E-state index contributed by atoms with van der Waals surface area (Å²) in [5.74, 6) is -10.2. The maximum atomic E-state index is 13.9. The second-order valence-corrected chi connectivity index (χ2v) is 7.93. The van der Waals surface area contributed by atoms with Gasteiger partial charge in [0.05, 0.1) is 24.7 Å². The second-order valence-electron chi connectivity index (χ2n) is 6.26. The summed E-state index contributed by atoms with van der Waals surface area (Å²) in [5.41, 5.74) is -0.396. The summed E-state index contributed by atoms with van der Waals surface area (Å²) < 4.78 is 78.4. The van der Waals surface area contributed by atoms with Gasteiger partial charge in [0.25, 0.3) is 5.91 Å². The van der Waals surface area contributed by atoms with Crippen molar-refractivity contribution in [3.05, 3.63) is 63.3 Å². The molecule has 0 saturated carbocycles. The quantitative estimate of drug-likeness (QED) is 0.197. The van der Waals surface area contributed by atoms with Crippen molar-refractivity contribution in [3.63, 3.8) is 0 Å². The molecule has 31 heavy (non-hydrogen) atoms. The molecule has 0 unspecified atom stereocenters. The zero-order valence-electron chi connectivity index (χ0n) is 16.1. The number of methoxy groups -OCH3 is 2. The minimum absolute atomic E-state index is 0.0978. The van der Waals surface area contributed by atoms with Gasteiger partial charge in [-0.15, -0.1) is 0 Å². The Morgan fingerprint density at radius 3 is 2.13 bits per heavy atom. The molecule has 1 amide bonds. The Morgan fingerprint density at radius 2 is 1.55 bits per heavy atom. The van der Waals surface area contributed by atoms with Crippen molar-refractivity contribution in [2.24, 2.45) is 0 Å². The number of carbonyl (C=O) groups is 1. The van der Waals surface area contributed by atoms with Gasteiger partial charge in [-0.05, 0) is 30.2 Å². The van der Waals surface area contributed by atoms with Crippen LogP contribution in [0.25, 0.3) is 6.08 Å². The molecule has 1 aliphatic heterocycles. The van der Waals surface area contributed by atoms with Crippen molar-refractivity contribution in [1.82, 2.24) is 4.90 Å². The molecule has 0 radical (unpaired) electrons. The Labute approximate surface area is 183 Å². The molecule has 3 rings (SSSR count). The fourth-order valence-corrected chi connectivity index (χ4v) is 4.14. The Kier molecular flexibility index (Phi) is 6.85. The summed E-state index contributed by atoms with van der Waals surface area (Å²) in [5, 5.41) is 0. The average molecular weight is 475 g/mol. The number of carbonyl (C=O) groups excluding carboxylic acids is 1. The molecule has 0 aliphatic carbocycles. The predicted octanol–water partition coefficient (Wildman–Crippen LogP) is 4.84. The molecular weight excluding hydrogens is 461 g/mol. The number of nitrogens with zero attached hydrogens (tertiary/aromatic N) is 1. The first-order valence-corrected chi connectivity index (χ1v) is 9.89. The van der Waals surface area contributed by atoms with Crippen molar-refractivity contribution >= 4 is 40.3 Å². The third-order valence-electron chi connectivity index (χ3n) is 4.46. The number of halogens is 5. The molecule has 4 nitrogen and oxygen atoms in total. The van der Waals surface area contributed by atoms with Crippen molar-refractivity contribution in [2.75, 3.05) is 20.8 Å². The van der Waals surface area contributed by atoms with Crippen LogP contribution in [0.3, 0.4) is 0 Å². The van der Waals surface area contributed by atoms with Gasteiger partial charge in [-0.3, -0.25) is 9.69 Å². The highest BCUT2D eigenvalue weighted by Crippen LogP contribution is 2.35. The molecule has 0 bridgehead atoms. The Hall–Kier alpha value is -2.66. The van der Waals surface area contributed by atoms with Crippen molar-refractivity contribution in [2.45, 2.75) is 6.42 Å². The highest BCUT2D eigenvalue weighted by molar-refractivity contribution is 8.26. The number of thiocarbonyl (C=S) groups is 1. The van der Waals surface area contributed by atoms with E-state index in [0.29, 0.717) is 35.8 Å². The molecule has 0 spiro atoms. The molecule has 1 fully saturated rings. The highest BCUT2D eigenvalue weighted by atomic mass is 32.2. The molecular formula is C20H14F5NO3S2. The summed E-state index contributed by atoms with van der Waals surface area (Å²) in [6.07, 6.45) is 0.981. The van der Waals surface area contributed by atoms with Gasteiger partial charge in [-0.1, -0.05) is 30.0 Å². The maximum Gasteiger partial charge on any atom is 0.266 e. The molecule has 0 atom stereocenters. The molecule has 0 N–H and O–H groups in total. The summed E-state index contributed by atoms with van der Waals surface area (Å²) in [7, 11) is 2.97. The zero-order chi connectivity index (χ0) is 22.9. The van der Waals surface area contributed by atoms with E-state index >= 15 is 0 Å². The molecule has 11 heteroatoms. The first-order chi connectivity index (χ1) is 14.7. The van der Waals surface area contributed by atoms with E-state index in [2.05, 4.69) is 0 Å². The van der Waals surface area contributed by atoms with Crippen molar-refractivity contribution in [3.8, 4) is 11.5 Å². The van der Waals surface area contributed by atoms with Crippen LogP contribution in [0.2, 0.25) is 0 Å². The maximum absolute atomic E-state index is 13.9. The summed E-state index contributed by atoms with van der Waals surface area (Å²) >= 11 is 5.85. The lowest BCUT2D eigenvalue weighted by Gasteiger charge is -2.15. The minimum Gasteiger partial charge on any atom is -0.493 e. The van der Waals surface area contributed by atoms with E-state index in [1.807, 2.05) is 0 Å². The smallest absolute Gasteiger partial charge is 0.266 e. The Morgan fingerprint density at radius 1 is 0.968 bits per heavy atom. The van der Waals surface area contributed by atoms with E-state index in [4.69, 9.17) is 21.7 Å². The fraction of sp³-hybridized carbons (Fsp3) is 0.200. The Bertz CT molecular complexity index is 1080. The number of amides is 1. The number of thioether (sulfide) groups is 1. The highest BCUT2D eigenvalue weighted by Gasteiger charge is 2.33. The van der Waals surface area contributed by atoms with Gasteiger partial charge in [-0.25, -0.2) is 22.0 Å². The topological polar surface area (TPSA) is 38.8 Å². The largest absolute Gasteiger partial charge is 0.493 e. The van der Waals surface area contributed by atoms with Crippen LogP contribution in [0.15, 0.2) is 23.1 Å². The van der Waals surface area contributed by atoms with Crippen LogP contribution in [0, 0.1) is 29.1 Å². The van der Waals surface area contributed by atoms with Crippen LogP contribution in [0.1, 0.15) is 11.1 Å². The molecule has 0 aromatic heterocycles. The molecule has 2 aromatic carbocycles. The summed E-state index contributed by atoms with van der Waals surface area (Å²) in [6.45, 7) is 0.134. The van der Waals surface area contributed by atoms with E-state index < -0.39 is 40.6 Å². The predicted molar refractivity (Wildman–Crippen MR) is 109 cm³/mol. The summed E-state index contributed by atoms with van der Waals surface area (Å²) in [6, 6.07) is 5.19. The fourth-order valence-electron chi connectivity index (χ4n) is 2.85. The normalized spacial score (nSPS) is 15.2. The van der Waals surface area contributed by atoms with Gasteiger partial charge in [0.2, 0.25) is 5.82 Å². The zero-order valence-corrected chi connectivity index (χ0v) is 17.7. The van der Waals surface area contributed by atoms with Gasteiger partial charge in [0, 0.05) is 6.54 Å². The number of rotatable bonds is 6. The van der Waals surface area contributed by atoms with E-state index in [9.17, 15) is 26.7 Å². The molecule has 1 aliphatic rings. The molecule has 2 aromatic rings. The standard InChI is InChI=1S/C20H14F5NO3S2/c1-28-11-4-3-9(7-12(11)29-2)5-6-26-19(27)13(31-20(26)30)8-10-14(21)16(23)18(25)17(24)15(10)22/h3-4,7-8H,5-6H2,1-2H3/b13-8-. The SMILES string of the molecule is COc1ccc(CCN2C(=O)/C(=C/c3c(F)c(F)c(F)c(F)c3F)SC2=S)cc1OC. The van der Waals surface area contributed by atoms with E-state index in [1.54, 1.807) is 18.2 Å². The van der Waals surface area contributed by atoms with E-state index in [1.165, 1.54) is 19.1 Å². The van der Waals surface area contributed by atoms with Crippen LogP contribution in [0.4, 0.5) is 22.0 Å². The monoisotopic (exact) mass is 475 g/mol. The van der Waals surface area contributed by atoms with Gasteiger partial charge >= 0.3 is 0 Å². The number of ether oxygens (including phenoxy) is 2. The molecule has 164 valence electrons. The van der Waals surface area contributed by atoms with Crippen LogP contribution in [0.5, 0.6) is 11.5 Å². The third-order valence-corrected chi connectivity index (χ3v) is 5.84. The number of hydrogen-bond acceptors (Lipinski definition) is 5. The van der Waals surface area contributed by atoms with Gasteiger partial charge in [0.15, 0.2) is 34.8 Å². The molecule has 1 heterocycles. The van der Waals surface area contributed by atoms with Crippen LogP contribution >= 0.6 is 24.0 Å². The number of hydrogen-bond donors (Lipinski definition) is 0. The van der Waals surface area contributed by atoms with E-state index in [-0.39, 0.29) is 15.8 Å². The second kappa shape index (κ2) is 9.23. The van der Waals surface area contributed by atoms with Crippen LogP contribution < -0.4 is 9.47 Å². The minimum atomic E-state index is -2.27. The first-order valence-electron chi connectivity index (χ1n) is 8.67. The summed E-state index contributed by atoms with van der Waals surface area (Å²) in [4.78, 5) is 13.6. The lowest BCUT2D eigenvalue weighted by atomic mass is 10.1.